The van der Waals surface area contributed by atoms with Gasteiger partial charge in [0.05, 0.1) is 4.90 Å². The van der Waals surface area contributed by atoms with Crippen LogP contribution in [-0.2, 0) is 14.6 Å². The number of hydrogen-bond acceptors (Lipinski definition) is 3. The average molecular weight is 309 g/mol. The van der Waals surface area contributed by atoms with Gasteiger partial charge in [0.1, 0.15) is 5.75 Å². The fourth-order valence-electron chi connectivity index (χ4n) is 2.98. The lowest BCUT2D eigenvalue weighted by Crippen LogP contribution is -2.49. The molecule has 1 aromatic carbocycles. The van der Waals surface area contributed by atoms with Crippen molar-refractivity contribution in [2.24, 2.45) is 0 Å². The van der Waals surface area contributed by atoms with Gasteiger partial charge in [-0.3, -0.25) is 4.79 Å². The third-order valence-corrected chi connectivity index (χ3v) is 5.79. The van der Waals surface area contributed by atoms with Crippen molar-refractivity contribution in [2.45, 2.75) is 57.0 Å². The zero-order valence-corrected chi connectivity index (χ0v) is 13.7. The number of likely N-dealkylation sites (tertiary alicyclic amines) is 1. The second-order valence-corrected chi connectivity index (χ2v) is 7.99. The Balaban J connectivity index is 2.16. The number of piperidine rings is 1. The summed E-state index contributed by atoms with van der Waals surface area (Å²) in [5.41, 5.74) is 0.999. The molecule has 1 saturated heterocycles. The van der Waals surface area contributed by atoms with Gasteiger partial charge in [0.15, 0.2) is 9.84 Å². The fraction of sp³-hybridized carbons (Fsp3) is 0.562. The normalized spacial score (nSPS) is 23.1. The molecule has 1 aliphatic heterocycles. The van der Waals surface area contributed by atoms with E-state index in [0.29, 0.717) is 0 Å². The largest absolute Gasteiger partial charge is 0.336 e. The van der Waals surface area contributed by atoms with E-state index in [0.717, 1.165) is 24.8 Å². The van der Waals surface area contributed by atoms with Crippen LogP contribution in [-0.4, -0.2) is 37.1 Å². The van der Waals surface area contributed by atoms with E-state index in [4.69, 9.17) is 0 Å². The van der Waals surface area contributed by atoms with Gasteiger partial charge in [-0.1, -0.05) is 17.7 Å². The van der Waals surface area contributed by atoms with Gasteiger partial charge in [-0.05, 0) is 52.2 Å². The first-order chi connectivity index (χ1) is 9.81. The van der Waals surface area contributed by atoms with Crippen molar-refractivity contribution in [2.75, 3.05) is 5.75 Å². The minimum atomic E-state index is -3.56. The number of hydrogen-bond donors (Lipinski definition) is 0. The molecule has 1 fully saturated rings. The van der Waals surface area contributed by atoms with E-state index < -0.39 is 15.6 Å². The molecule has 1 aromatic rings. The summed E-state index contributed by atoms with van der Waals surface area (Å²) in [6, 6.07) is 6.89. The van der Waals surface area contributed by atoms with Crippen LogP contribution in [0.25, 0.3) is 0 Å². The Hall–Kier alpha value is -1.36. The van der Waals surface area contributed by atoms with E-state index in [-0.39, 0.29) is 22.9 Å². The van der Waals surface area contributed by atoms with Crippen LogP contribution in [0.5, 0.6) is 0 Å². The number of nitrogens with zero attached hydrogens (tertiary/aromatic N) is 1. The van der Waals surface area contributed by atoms with Crippen molar-refractivity contribution in [1.82, 2.24) is 4.90 Å². The highest BCUT2D eigenvalue weighted by atomic mass is 32.2. The zero-order valence-electron chi connectivity index (χ0n) is 12.9. The molecule has 21 heavy (non-hydrogen) atoms. The van der Waals surface area contributed by atoms with Gasteiger partial charge in [-0.25, -0.2) is 8.42 Å². The summed E-state index contributed by atoms with van der Waals surface area (Å²) in [6.45, 7) is 5.89. The minimum absolute atomic E-state index is 0.120. The number of aryl methyl sites for hydroxylation is 1. The molecule has 2 unspecified atom stereocenters. The topological polar surface area (TPSA) is 54.5 Å². The molecule has 5 heteroatoms. The second kappa shape index (κ2) is 6.18. The third-order valence-electron chi connectivity index (χ3n) is 4.18. The first-order valence-electron chi connectivity index (χ1n) is 7.42. The molecule has 0 aromatic heterocycles. The minimum Gasteiger partial charge on any atom is -0.336 e. The monoisotopic (exact) mass is 309 g/mol. The van der Waals surface area contributed by atoms with Crippen LogP contribution in [0.1, 0.15) is 38.7 Å². The van der Waals surface area contributed by atoms with Crippen LogP contribution in [0.4, 0.5) is 0 Å². The van der Waals surface area contributed by atoms with Crippen LogP contribution in [0.3, 0.4) is 0 Å². The molecule has 4 nitrogen and oxygen atoms in total. The van der Waals surface area contributed by atoms with Crippen molar-refractivity contribution in [3.05, 3.63) is 29.8 Å². The van der Waals surface area contributed by atoms with E-state index in [1.54, 1.807) is 29.2 Å². The summed E-state index contributed by atoms with van der Waals surface area (Å²) in [6.07, 6.45) is 2.98. The molecule has 0 N–H and O–H groups in total. The maximum atomic E-state index is 12.4. The first-order valence-corrected chi connectivity index (χ1v) is 9.07. The first kappa shape index (κ1) is 16.0. The maximum Gasteiger partial charge on any atom is 0.238 e. The number of sulfone groups is 1. The van der Waals surface area contributed by atoms with E-state index in [1.807, 2.05) is 20.8 Å². The second-order valence-electron chi connectivity index (χ2n) is 6.00. The summed E-state index contributed by atoms with van der Waals surface area (Å²) in [4.78, 5) is 14.4. The summed E-state index contributed by atoms with van der Waals surface area (Å²) in [5.74, 6) is -0.722. The maximum absolute atomic E-state index is 12.4. The highest BCUT2D eigenvalue weighted by molar-refractivity contribution is 7.92. The van der Waals surface area contributed by atoms with E-state index >= 15 is 0 Å². The Bertz CT molecular complexity index is 597. The van der Waals surface area contributed by atoms with E-state index in [9.17, 15) is 13.2 Å². The van der Waals surface area contributed by atoms with Gasteiger partial charge in [0.25, 0.3) is 0 Å². The number of amides is 1. The molecule has 0 aliphatic carbocycles. The number of carbonyl (C=O) groups excluding carboxylic acids is 1. The molecule has 1 amide bonds. The molecule has 2 rings (SSSR count). The Labute approximate surface area is 127 Å². The fourth-order valence-corrected chi connectivity index (χ4v) is 4.17. The van der Waals surface area contributed by atoms with Gasteiger partial charge >= 0.3 is 0 Å². The van der Waals surface area contributed by atoms with Crippen LogP contribution < -0.4 is 0 Å². The Morgan fingerprint density at radius 2 is 1.67 bits per heavy atom. The van der Waals surface area contributed by atoms with Gasteiger partial charge in [0.2, 0.25) is 5.91 Å². The zero-order chi connectivity index (χ0) is 15.6. The van der Waals surface area contributed by atoms with Crippen LogP contribution in [0.2, 0.25) is 0 Å². The molecule has 2 atom stereocenters. The lowest BCUT2D eigenvalue weighted by molar-refractivity contribution is -0.134. The van der Waals surface area contributed by atoms with Crippen LogP contribution >= 0.6 is 0 Å². The average Bonchev–Trinajstić information content (AvgIpc) is 2.38. The molecular weight excluding hydrogens is 286 g/mol. The van der Waals surface area contributed by atoms with E-state index in [1.165, 1.54) is 0 Å². The van der Waals surface area contributed by atoms with Crippen molar-refractivity contribution in [3.63, 3.8) is 0 Å². The third kappa shape index (κ3) is 3.64. The quantitative estimate of drug-likeness (QED) is 0.862. The highest BCUT2D eigenvalue weighted by Gasteiger charge is 2.31. The molecule has 0 bridgehead atoms. The highest BCUT2D eigenvalue weighted by Crippen LogP contribution is 2.23. The lowest BCUT2D eigenvalue weighted by Gasteiger charge is -2.39. The smallest absolute Gasteiger partial charge is 0.238 e. The number of carbonyl (C=O) groups is 1. The Kier molecular flexibility index (Phi) is 4.71. The molecule has 116 valence electrons. The van der Waals surface area contributed by atoms with Crippen molar-refractivity contribution >= 4 is 15.7 Å². The van der Waals surface area contributed by atoms with Gasteiger partial charge in [0, 0.05) is 12.1 Å². The number of benzene rings is 1. The molecular formula is C16H23NO3S. The predicted molar refractivity (Wildman–Crippen MR) is 82.9 cm³/mol. The lowest BCUT2D eigenvalue weighted by atomic mass is 9.98. The molecule has 0 radical (unpaired) electrons. The summed E-state index contributed by atoms with van der Waals surface area (Å²) >= 11 is 0. The van der Waals surface area contributed by atoms with E-state index in [2.05, 4.69) is 0 Å². The van der Waals surface area contributed by atoms with Crippen LogP contribution in [0.15, 0.2) is 29.2 Å². The van der Waals surface area contributed by atoms with Crippen LogP contribution in [0, 0.1) is 6.92 Å². The standard InChI is InChI=1S/C16H23NO3S/c1-12-7-9-15(10-8-12)21(19,20)11-16(18)17-13(2)5-4-6-14(17)3/h7-10,13-14H,4-6,11H2,1-3H3. The SMILES string of the molecule is Cc1ccc(S(=O)(=O)CC(=O)N2C(C)CCCC2C)cc1. The molecule has 1 aliphatic rings. The predicted octanol–water partition coefficient (Wildman–Crippen LogP) is 2.56. The van der Waals surface area contributed by atoms with Crippen molar-refractivity contribution < 1.29 is 13.2 Å². The summed E-state index contributed by atoms with van der Waals surface area (Å²) in [7, 11) is -3.56. The Morgan fingerprint density at radius 3 is 2.19 bits per heavy atom. The van der Waals surface area contributed by atoms with Crippen molar-refractivity contribution in [3.8, 4) is 0 Å². The summed E-state index contributed by atoms with van der Waals surface area (Å²) in [5, 5.41) is 0. The Morgan fingerprint density at radius 1 is 1.14 bits per heavy atom. The number of rotatable bonds is 3. The molecule has 0 saturated carbocycles. The van der Waals surface area contributed by atoms with Gasteiger partial charge in [-0.15, -0.1) is 0 Å². The van der Waals surface area contributed by atoms with Gasteiger partial charge < -0.3 is 4.90 Å². The molecule has 0 spiro atoms. The van der Waals surface area contributed by atoms with Crippen molar-refractivity contribution in [1.29, 1.82) is 0 Å². The molecule has 1 heterocycles. The van der Waals surface area contributed by atoms with Gasteiger partial charge in [-0.2, -0.15) is 0 Å². The summed E-state index contributed by atoms with van der Waals surface area (Å²) < 4.78 is 24.7.